The Kier molecular flexibility index (Phi) is 6.25. The quantitative estimate of drug-likeness (QED) is 0.799. The van der Waals surface area contributed by atoms with Crippen molar-refractivity contribution in [1.82, 2.24) is 10.2 Å². The topological polar surface area (TPSA) is 41.6 Å². The molecule has 1 aromatic rings. The molecule has 0 saturated heterocycles. The van der Waals surface area contributed by atoms with Crippen LogP contribution in [0.3, 0.4) is 0 Å². The highest BCUT2D eigenvalue weighted by Gasteiger charge is 2.23. The SMILES string of the molecule is CC(C)(C)OC(=O)N1CC=C(CNCc2cccc(Br)c2)CC1. The molecule has 0 fully saturated rings. The highest BCUT2D eigenvalue weighted by atomic mass is 79.9. The van der Waals surface area contributed by atoms with Gasteiger partial charge in [0, 0.05) is 30.7 Å². The number of nitrogens with zero attached hydrogens (tertiary/aromatic N) is 1. The Bertz CT molecular complexity index is 579. The number of hydrogen-bond acceptors (Lipinski definition) is 3. The predicted molar refractivity (Wildman–Crippen MR) is 96.4 cm³/mol. The zero-order valence-corrected chi connectivity index (χ0v) is 15.6. The minimum atomic E-state index is -0.438. The van der Waals surface area contributed by atoms with Crippen LogP contribution in [0.2, 0.25) is 0 Å². The summed E-state index contributed by atoms with van der Waals surface area (Å²) in [5, 5.41) is 3.46. The molecular formula is C18H25BrN2O2. The van der Waals surface area contributed by atoms with Gasteiger partial charge in [-0.05, 0) is 44.9 Å². The monoisotopic (exact) mass is 380 g/mol. The van der Waals surface area contributed by atoms with Gasteiger partial charge in [-0.3, -0.25) is 0 Å². The van der Waals surface area contributed by atoms with Gasteiger partial charge in [0.25, 0.3) is 0 Å². The summed E-state index contributed by atoms with van der Waals surface area (Å²) in [6.07, 6.45) is 2.79. The number of nitrogens with one attached hydrogen (secondary N) is 1. The molecule has 0 aromatic heterocycles. The summed E-state index contributed by atoms with van der Waals surface area (Å²) in [6, 6.07) is 8.29. The summed E-state index contributed by atoms with van der Waals surface area (Å²) < 4.78 is 6.50. The summed E-state index contributed by atoms with van der Waals surface area (Å²) in [5.74, 6) is 0. The van der Waals surface area contributed by atoms with Gasteiger partial charge >= 0.3 is 6.09 Å². The lowest BCUT2D eigenvalue weighted by Crippen LogP contribution is -2.39. The fourth-order valence-corrected chi connectivity index (χ4v) is 2.83. The molecular weight excluding hydrogens is 356 g/mol. The van der Waals surface area contributed by atoms with Gasteiger partial charge in [0.1, 0.15) is 5.60 Å². The fraction of sp³-hybridized carbons (Fsp3) is 0.500. The number of rotatable bonds is 4. The minimum Gasteiger partial charge on any atom is -0.444 e. The van der Waals surface area contributed by atoms with Gasteiger partial charge in [-0.15, -0.1) is 0 Å². The Labute approximate surface area is 147 Å². The van der Waals surface area contributed by atoms with Crippen LogP contribution >= 0.6 is 15.9 Å². The van der Waals surface area contributed by atoms with Crippen molar-refractivity contribution < 1.29 is 9.53 Å². The standard InChI is InChI=1S/C18H25BrN2O2/c1-18(2,3)23-17(22)21-9-7-14(8-10-21)12-20-13-15-5-4-6-16(19)11-15/h4-7,11,20H,8-10,12-13H2,1-3H3. The van der Waals surface area contributed by atoms with Crippen LogP contribution in [0.15, 0.2) is 40.4 Å². The number of carbonyl (C=O) groups is 1. The van der Waals surface area contributed by atoms with E-state index in [0.29, 0.717) is 6.54 Å². The largest absolute Gasteiger partial charge is 0.444 e. The maximum atomic E-state index is 12.0. The molecule has 4 nitrogen and oxygen atoms in total. The molecule has 2 rings (SSSR count). The highest BCUT2D eigenvalue weighted by Crippen LogP contribution is 2.15. The molecule has 0 aliphatic carbocycles. The van der Waals surface area contributed by atoms with Crippen molar-refractivity contribution >= 4 is 22.0 Å². The molecule has 1 amide bonds. The van der Waals surface area contributed by atoms with E-state index in [9.17, 15) is 4.79 Å². The van der Waals surface area contributed by atoms with E-state index in [1.165, 1.54) is 11.1 Å². The first-order valence-electron chi connectivity index (χ1n) is 7.94. The van der Waals surface area contributed by atoms with Crippen molar-refractivity contribution in [2.75, 3.05) is 19.6 Å². The van der Waals surface area contributed by atoms with E-state index >= 15 is 0 Å². The van der Waals surface area contributed by atoms with Gasteiger partial charge in [-0.25, -0.2) is 4.79 Å². The molecule has 0 radical (unpaired) electrons. The van der Waals surface area contributed by atoms with Gasteiger partial charge in [0.2, 0.25) is 0 Å². The number of hydrogen-bond donors (Lipinski definition) is 1. The van der Waals surface area contributed by atoms with Gasteiger partial charge in [0.05, 0.1) is 0 Å². The Hall–Kier alpha value is -1.33. The van der Waals surface area contributed by atoms with Crippen molar-refractivity contribution in [1.29, 1.82) is 0 Å². The molecule has 5 heteroatoms. The molecule has 1 heterocycles. The maximum absolute atomic E-state index is 12.0. The molecule has 0 saturated carbocycles. The van der Waals surface area contributed by atoms with Crippen LogP contribution in [0.25, 0.3) is 0 Å². The van der Waals surface area contributed by atoms with Crippen molar-refractivity contribution in [3.63, 3.8) is 0 Å². The smallest absolute Gasteiger partial charge is 0.410 e. The molecule has 1 N–H and O–H groups in total. The molecule has 0 unspecified atom stereocenters. The van der Waals surface area contributed by atoms with Gasteiger partial charge in [0.15, 0.2) is 0 Å². The third kappa shape index (κ3) is 6.36. The normalized spacial score (nSPS) is 15.3. The van der Waals surface area contributed by atoms with Crippen molar-refractivity contribution in [3.05, 3.63) is 46.0 Å². The summed E-state index contributed by atoms with van der Waals surface area (Å²) >= 11 is 3.48. The average molecular weight is 381 g/mol. The summed E-state index contributed by atoms with van der Waals surface area (Å²) in [6.45, 7) is 8.72. The molecule has 1 aliphatic rings. The van der Waals surface area contributed by atoms with Crippen LogP contribution in [0, 0.1) is 0 Å². The van der Waals surface area contributed by atoms with Crippen molar-refractivity contribution in [2.45, 2.75) is 39.3 Å². The molecule has 0 spiro atoms. The van der Waals surface area contributed by atoms with E-state index in [0.717, 1.165) is 30.5 Å². The van der Waals surface area contributed by atoms with Crippen molar-refractivity contribution in [2.24, 2.45) is 0 Å². The molecule has 0 bridgehead atoms. The van der Waals surface area contributed by atoms with E-state index in [-0.39, 0.29) is 6.09 Å². The van der Waals surface area contributed by atoms with Crippen LogP contribution in [-0.2, 0) is 11.3 Å². The predicted octanol–water partition coefficient (Wildman–Crippen LogP) is 4.11. The van der Waals surface area contributed by atoms with Gasteiger partial charge < -0.3 is 15.0 Å². The zero-order chi connectivity index (χ0) is 16.9. The Morgan fingerprint density at radius 1 is 1.35 bits per heavy atom. The van der Waals surface area contributed by atoms with E-state index in [4.69, 9.17) is 4.74 Å². The fourth-order valence-electron chi connectivity index (χ4n) is 2.38. The number of amides is 1. The minimum absolute atomic E-state index is 0.227. The maximum Gasteiger partial charge on any atom is 0.410 e. The number of benzene rings is 1. The van der Waals surface area contributed by atoms with Gasteiger partial charge in [-0.1, -0.05) is 39.7 Å². The molecule has 23 heavy (non-hydrogen) atoms. The number of halogens is 1. The van der Waals surface area contributed by atoms with Gasteiger partial charge in [-0.2, -0.15) is 0 Å². The molecule has 1 aliphatic heterocycles. The third-order valence-corrected chi connectivity index (χ3v) is 4.02. The van der Waals surface area contributed by atoms with Crippen LogP contribution in [0.1, 0.15) is 32.8 Å². The van der Waals surface area contributed by atoms with Crippen molar-refractivity contribution in [3.8, 4) is 0 Å². The molecule has 0 atom stereocenters. The van der Waals surface area contributed by atoms with E-state index in [2.05, 4.69) is 39.5 Å². The first-order valence-corrected chi connectivity index (χ1v) is 8.74. The molecule has 126 valence electrons. The van der Waals surface area contributed by atoms with Crippen LogP contribution in [0.5, 0.6) is 0 Å². The van der Waals surface area contributed by atoms with E-state index < -0.39 is 5.60 Å². The second kappa shape index (κ2) is 7.97. The Balaban J connectivity index is 1.75. The molecule has 1 aromatic carbocycles. The second-order valence-corrected chi connectivity index (χ2v) is 7.69. The van der Waals surface area contributed by atoms with E-state index in [1.807, 2.05) is 32.9 Å². The lowest BCUT2D eigenvalue weighted by atomic mass is 10.1. The summed E-state index contributed by atoms with van der Waals surface area (Å²) in [5.41, 5.74) is 2.16. The summed E-state index contributed by atoms with van der Waals surface area (Å²) in [4.78, 5) is 13.8. The summed E-state index contributed by atoms with van der Waals surface area (Å²) in [7, 11) is 0. The first-order chi connectivity index (χ1) is 10.8. The first kappa shape index (κ1) is 18.0. The van der Waals surface area contributed by atoms with Crippen LogP contribution in [-0.4, -0.2) is 36.2 Å². The number of ether oxygens (including phenoxy) is 1. The second-order valence-electron chi connectivity index (χ2n) is 6.77. The van der Waals surface area contributed by atoms with Crippen LogP contribution in [0.4, 0.5) is 4.79 Å². The van der Waals surface area contributed by atoms with E-state index in [1.54, 1.807) is 4.90 Å². The van der Waals surface area contributed by atoms with Crippen LogP contribution < -0.4 is 5.32 Å². The third-order valence-electron chi connectivity index (χ3n) is 3.53. The Morgan fingerprint density at radius 2 is 2.13 bits per heavy atom. The highest BCUT2D eigenvalue weighted by molar-refractivity contribution is 9.10. The zero-order valence-electron chi connectivity index (χ0n) is 14.1. The Morgan fingerprint density at radius 3 is 2.74 bits per heavy atom. The number of carbonyl (C=O) groups excluding carboxylic acids is 1. The average Bonchev–Trinajstić information content (AvgIpc) is 2.46. The lowest BCUT2D eigenvalue weighted by molar-refractivity contribution is 0.0265. The lowest BCUT2D eigenvalue weighted by Gasteiger charge is -2.29.